The van der Waals surface area contributed by atoms with Crippen molar-refractivity contribution in [3.05, 3.63) is 83.4 Å². The van der Waals surface area contributed by atoms with Crippen molar-refractivity contribution >= 4 is 35.4 Å². The number of nitrogens with one attached hydrogen (secondary N) is 3. The summed E-state index contributed by atoms with van der Waals surface area (Å²) >= 11 is 0. The molecule has 0 radical (unpaired) electrons. The van der Waals surface area contributed by atoms with Gasteiger partial charge in [-0.1, -0.05) is 30.3 Å². The minimum absolute atomic E-state index is 0.0283. The van der Waals surface area contributed by atoms with Crippen molar-refractivity contribution < 1.29 is 48.1 Å². The van der Waals surface area contributed by atoms with E-state index in [0.717, 1.165) is 4.90 Å². The standard InChI is InChI=1S/C41H50N6O10/c1-22-36(49)43-23(2)39(52)45(4)30(19-25-9-14-28(55-7)15-10-25)37(50)44-24(3)40(53)46(5)31-20-26-11-16-29(17-12-26)57-33-21-27(13-18-32(33)56-8)35(48)34(38(51)42-22)47(6)41(31)54/h9-18,21-24,30-31,34-35,48H,19-20H2,1-8H3,(H,42,51)(H,43,49)(H,44,50)/t22-,23+,24+,30+,31+,34+,35+/m1/s1. The summed E-state index contributed by atoms with van der Waals surface area (Å²) in [5.74, 6) is -2.65. The summed E-state index contributed by atoms with van der Waals surface area (Å²) in [4.78, 5) is 88.0. The summed E-state index contributed by atoms with van der Waals surface area (Å²) < 4.78 is 16.9. The first-order valence-electron chi connectivity index (χ1n) is 18.5. The van der Waals surface area contributed by atoms with E-state index in [1.165, 1.54) is 78.1 Å². The molecule has 0 aliphatic carbocycles. The fraction of sp³-hybridized carbons (Fsp3) is 0.415. The van der Waals surface area contributed by atoms with Crippen molar-refractivity contribution in [2.24, 2.45) is 0 Å². The van der Waals surface area contributed by atoms with Crippen molar-refractivity contribution in [3.63, 3.8) is 0 Å². The number of aliphatic hydroxyl groups excluding tert-OH is 1. The van der Waals surface area contributed by atoms with Gasteiger partial charge in [0.1, 0.15) is 53.9 Å². The van der Waals surface area contributed by atoms with Gasteiger partial charge in [-0.05, 0) is 73.9 Å². The summed E-state index contributed by atoms with van der Waals surface area (Å²) in [6.45, 7) is 4.30. The van der Waals surface area contributed by atoms with E-state index in [4.69, 9.17) is 14.2 Å². The van der Waals surface area contributed by atoms with Gasteiger partial charge in [0, 0.05) is 34.0 Å². The minimum atomic E-state index is -1.67. The lowest BCUT2D eigenvalue weighted by Gasteiger charge is -2.38. The fourth-order valence-electron chi connectivity index (χ4n) is 6.92. The zero-order valence-corrected chi connectivity index (χ0v) is 33.3. The smallest absolute Gasteiger partial charge is 0.246 e. The summed E-state index contributed by atoms with van der Waals surface area (Å²) in [6, 6.07) is 10.7. The fourth-order valence-corrected chi connectivity index (χ4v) is 6.92. The van der Waals surface area contributed by atoms with Gasteiger partial charge in [-0.3, -0.25) is 28.8 Å². The largest absolute Gasteiger partial charge is 0.497 e. The number of methoxy groups -OCH3 is 2. The van der Waals surface area contributed by atoms with Gasteiger partial charge < -0.3 is 50.0 Å². The van der Waals surface area contributed by atoms with Gasteiger partial charge in [0.2, 0.25) is 35.4 Å². The highest BCUT2D eigenvalue weighted by Crippen LogP contribution is 2.36. The molecule has 3 aromatic carbocycles. The molecule has 0 spiro atoms. The normalized spacial score (nSPS) is 25.4. The lowest BCUT2D eigenvalue weighted by atomic mass is 9.96. The van der Waals surface area contributed by atoms with Crippen LogP contribution in [0.15, 0.2) is 66.7 Å². The quantitative estimate of drug-likeness (QED) is 0.300. The maximum Gasteiger partial charge on any atom is 0.246 e. The highest BCUT2D eigenvalue weighted by atomic mass is 16.5. The number of likely N-dealkylation sites (N-methyl/N-ethyl adjacent to an activating group) is 3. The second kappa shape index (κ2) is 17.7. The van der Waals surface area contributed by atoms with Crippen LogP contribution in [0.2, 0.25) is 0 Å². The summed E-state index contributed by atoms with van der Waals surface area (Å²) in [5.41, 5.74) is 1.50. The molecule has 0 aromatic heterocycles. The van der Waals surface area contributed by atoms with E-state index in [-0.39, 0.29) is 24.2 Å². The number of aliphatic hydroxyl groups is 1. The van der Waals surface area contributed by atoms with Crippen LogP contribution in [0.25, 0.3) is 0 Å². The molecular formula is C41H50N6O10. The van der Waals surface area contributed by atoms with E-state index in [9.17, 15) is 33.9 Å². The molecule has 3 aliphatic heterocycles. The van der Waals surface area contributed by atoms with Crippen LogP contribution in [0.4, 0.5) is 0 Å². The van der Waals surface area contributed by atoms with Crippen LogP contribution in [0.1, 0.15) is 43.6 Å². The van der Waals surface area contributed by atoms with Crippen LogP contribution in [-0.2, 0) is 41.6 Å². The Hall–Kier alpha value is -6.16. The van der Waals surface area contributed by atoms with Crippen LogP contribution in [0.5, 0.6) is 23.0 Å². The maximum absolute atomic E-state index is 14.7. The van der Waals surface area contributed by atoms with E-state index in [1.54, 1.807) is 54.6 Å². The number of hydrogen-bond acceptors (Lipinski definition) is 10. The van der Waals surface area contributed by atoms with Crippen LogP contribution in [0, 0.1) is 0 Å². The highest BCUT2D eigenvalue weighted by molar-refractivity contribution is 5.98. The Morgan fingerprint density at radius 1 is 0.684 bits per heavy atom. The Morgan fingerprint density at radius 3 is 1.89 bits per heavy atom. The molecule has 16 nitrogen and oxygen atoms in total. The molecule has 1 saturated heterocycles. The average molecular weight is 787 g/mol. The summed E-state index contributed by atoms with van der Waals surface area (Å²) in [6.07, 6.45) is -1.65. The van der Waals surface area contributed by atoms with Crippen LogP contribution >= 0.6 is 0 Å². The van der Waals surface area contributed by atoms with Crippen LogP contribution in [-0.4, -0.2) is 127 Å². The number of nitrogens with zero attached hydrogens (tertiary/aromatic N) is 3. The number of ether oxygens (including phenoxy) is 3. The molecule has 1 fully saturated rings. The summed E-state index contributed by atoms with van der Waals surface area (Å²) in [5, 5.41) is 19.8. The molecule has 6 rings (SSSR count). The molecule has 6 amide bonds. The number of amides is 6. The molecule has 57 heavy (non-hydrogen) atoms. The maximum atomic E-state index is 14.7. The predicted molar refractivity (Wildman–Crippen MR) is 207 cm³/mol. The minimum Gasteiger partial charge on any atom is -0.497 e. The Labute approximate surface area is 331 Å². The van der Waals surface area contributed by atoms with Crippen molar-refractivity contribution in [2.75, 3.05) is 35.4 Å². The zero-order valence-electron chi connectivity index (χ0n) is 33.3. The SMILES string of the molecule is COc1ccc(C[C@H]2C(=O)N[C@@H](C)C(=O)N(C)[C@H]3Cc4ccc(cc4)Oc4cc(ccc4OC)[C@H](O)[C@@H](C(=O)N[C@H](C)C(=O)N[C@@H](C)C(=O)N2C)N(C)C3=O)cc1. The Kier molecular flexibility index (Phi) is 13.1. The van der Waals surface area contributed by atoms with Crippen molar-refractivity contribution in [1.82, 2.24) is 30.7 Å². The Morgan fingerprint density at radius 2 is 1.28 bits per heavy atom. The second-order valence-corrected chi connectivity index (χ2v) is 14.4. The monoisotopic (exact) mass is 786 g/mol. The second-order valence-electron chi connectivity index (χ2n) is 14.4. The van der Waals surface area contributed by atoms with Crippen LogP contribution in [0.3, 0.4) is 0 Å². The van der Waals surface area contributed by atoms with Gasteiger partial charge in [0.05, 0.1) is 14.2 Å². The average Bonchev–Trinajstić information content (AvgIpc) is 3.20. The van der Waals surface area contributed by atoms with Gasteiger partial charge in [0.25, 0.3) is 0 Å². The van der Waals surface area contributed by atoms with Gasteiger partial charge >= 0.3 is 0 Å². The molecule has 7 atom stereocenters. The van der Waals surface area contributed by atoms with Gasteiger partial charge in [-0.25, -0.2) is 0 Å². The van der Waals surface area contributed by atoms with Crippen molar-refractivity contribution in [1.29, 1.82) is 0 Å². The Balaban J connectivity index is 1.60. The van der Waals surface area contributed by atoms with Crippen LogP contribution < -0.4 is 30.2 Å². The lowest BCUT2D eigenvalue weighted by Crippen LogP contribution is -2.62. The Bertz CT molecular complexity index is 1990. The van der Waals surface area contributed by atoms with Crippen molar-refractivity contribution in [3.8, 4) is 23.0 Å². The number of rotatable bonds is 4. The number of benzene rings is 3. The van der Waals surface area contributed by atoms with E-state index < -0.39 is 77.8 Å². The topological polar surface area (TPSA) is 196 Å². The molecule has 304 valence electrons. The number of carbonyl (C=O) groups is 6. The third-order valence-electron chi connectivity index (χ3n) is 10.5. The van der Waals surface area contributed by atoms with E-state index >= 15 is 0 Å². The molecule has 3 aliphatic rings. The van der Waals surface area contributed by atoms with Gasteiger partial charge in [-0.2, -0.15) is 0 Å². The molecule has 16 heteroatoms. The number of fused-ring (bicyclic) bond motifs is 2. The molecule has 0 saturated carbocycles. The molecule has 0 unspecified atom stereocenters. The predicted octanol–water partition coefficient (Wildman–Crippen LogP) is 1.34. The van der Waals surface area contributed by atoms with E-state index in [1.807, 2.05) is 0 Å². The van der Waals surface area contributed by atoms with Gasteiger partial charge in [0.15, 0.2) is 11.5 Å². The molecule has 3 heterocycles. The van der Waals surface area contributed by atoms with Gasteiger partial charge in [-0.15, -0.1) is 0 Å². The first kappa shape index (κ1) is 42.0. The third kappa shape index (κ3) is 9.28. The molecule has 4 N–H and O–H groups in total. The highest BCUT2D eigenvalue weighted by Gasteiger charge is 2.42. The lowest BCUT2D eigenvalue weighted by molar-refractivity contribution is -0.152. The van der Waals surface area contributed by atoms with E-state index in [2.05, 4.69) is 16.0 Å². The number of carbonyl (C=O) groups excluding carboxylic acids is 6. The van der Waals surface area contributed by atoms with Crippen molar-refractivity contribution in [2.45, 2.75) is 76.0 Å². The first-order valence-corrected chi connectivity index (χ1v) is 18.5. The molecular weight excluding hydrogens is 736 g/mol. The third-order valence-corrected chi connectivity index (χ3v) is 10.5. The van der Waals surface area contributed by atoms with E-state index in [0.29, 0.717) is 28.4 Å². The molecule has 6 bridgehead atoms. The number of hydrogen-bond donors (Lipinski definition) is 4. The molecule has 3 aromatic rings. The first-order chi connectivity index (χ1) is 27.0. The zero-order chi connectivity index (χ0) is 41.7. The summed E-state index contributed by atoms with van der Waals surface area (Å²) in [7, 11) is 7.14.